The number of hydrogen-bond acceptors (Lipinski definition) is 2. The first-order valence-corrected chi connectivity index (χ1v) is 8.49. The molecule has 24 heavy (non-hydrogen) atoms. The maximum Gasteiger partial charge on any atom is 0.317 e. The van der Waals surface area contributed by atoms with Crippen LogP contribution in [0.1, 0.15) is 31.2 Å². The van der Waals surface area contributed by atoms with Gasteiger partial charge in [-0.2, -0.15) is 0 Å². The molecule has 2 unspecified atom stereocenters. The van der Waals surface area contributed by atoms with Crippen LogP contribution >= 0.6 is 0 Å². The molecular formula is C18H27F2N3O. The van der Waals surface area contributed by atoms with Gasteiger partial charge < -0.3 is 15.1 Å². The Morgan fingerprint density at radius 1 is 1.42 bits per heavy atom. The first kappa shape index (κ1) is 18.6. The Balaban J connectivity index is 1.79. The molecule has 0 spiro atoms. The number of piperidine rings is 1. The molecule has 0 saturated carbocycles. The molecule has 4 nitrogen and oxygen atoms in total. The van der Waals surface area contributed by atoms with Crippen LogP contribution in [0.5, 0.6) is 0 Å². The average Bonchev–Trinajstić information content (AvgIpc) is 2.54. The molecular weight excluding hydrogens is 312 g/mol. The fraction of sp³-hybridized carbons (Fsp3) is 0.611. The maximum atomic E-state index is 13.3. The third-order valence-electron chi connectivity index (χ3n) is 4.67. The third-order valence-corrected chi connectivity index (χ3v) is 4.67. The van der Waals surface area contributed by atoms with Crippen molar-refractivity contribution in [3.8, 4) is 0 Å². The number of nitrogens with zero attached hydrogens (tertiary/aromatic N) is 2. The second-order valence-corrected chi connectivity index (χ2v) is 6.91. The summed E-state index contributed by atoms with van der Waals surface area (Å²) in [4.78, 5) is 16.2. The van der Waals surface area contributed by atoms with Crippen molar-refractivity contribution in [3.63, 3.8) is 0 Å². The molecule has 0 aromatic heterocycles. The van der Waals surface area contributed by atoms with Gasteiger partial charge in [0.2, 0.25) is 0 Å². The van der Waals surface area contributed by atoms with E-state index in [2.05, 4.69) is 17.3 Å². The van der Waals surface area contributed by atoms with E-state index >= 15 is 0 Å². The number of amides is 2. The van der Waals surface area contributed by atoms with E-state index in [4.69, 9.17) is 0 Å². The number of rotatable bonds is 5. The van der Waals surface area contributed by atoms with Gasteiger partial charge >= 0.3 is 6.03 Å². The van der Waals surface area contributed by atoms with Crippen molar-refractivity contribution in [2.24, 2.45) is 5.92 Å². The number of nitrogens with one attached hydrogen (secondary N) is 1. The van der Waals surface area contributed by atoms with Gasteiger partial charge in [0.05, 0.1) is 0 Å². The van der Waals surface area contributed by atoms with Crippen molar-refractivity contribution in [1.29, 1.82) is 0 Å². The molecule has 2 atom stereocenters. The summed E-state index contributed by atoms with van der Waals surface area (Å²) in [6.07, 6.45) is 2.32. The summed E-state index contributed by atoms with van der Waals surface area (Å²) in [5.41, 5.74) is 0.672. The lowest BCUT2D eigenvalue weighted by molar-refractivity contribution is 0.163. The maximum absolute atomic E-state index is 13.3. The lowest BCUT2D eigenvalue weighted by Gasteiger charge is -2.32. The van der Waals surface area contributed by atoms with E-state index in [1.165, 1.54) is 12.5 Å². The molecule has 1 aliphatic heterocycles. The van der Waals surface area contributed by atoms with E-state index in [0.29, 0.717) is 18.0 Å². The Labute approximate surface area is 142 Å². The van der Waals surface area contributed by atoms with Gasteiger partial charge in [-0.3, -0.25) is 0 Å². The molecule has 1 heterocycles. The molecule has 2 amide bonds. The van der Waals surface area contributed by atoms with Crippen LogP contribution in [0.3, 0.4) is 0 Å². The van der Waals surface area contributed by atoms with Crippen molar-refractivity contribution in [2.75, 3.05) is 40.3 Å². The van der Waals surface area contributed by atoms with E-state index in [9.17, 15) is 13.6 Å². The molecule has 1 aliphatic rings. The normalized spacial score (nSPS) is 19.8. The smallest absolute Gasteiger partial charge is 0.317 e. The summed E-state index contributed by atoms with van der Waals surface area (Å²) >= 11 is 0. The van der Waals surface area contributed by atoms with Gasteiger partial charge in [0.25, 0.3) is 0 Å². The topological polar surface area (TPSA) is 35.6 Å². The number of carbonyl (C=O) groups excluding carboxylic acids is 1. The summed E-state index contributed by atoms with van der Waals surface area (Å²) in [5.74, 6) is -1.29. The summed E-state index contributed by atoms with van der Waals surface area (Å²) in [5, 5.41) is 2.87. The van der Waals surface area contributed by atoms with E-state index in [0.717, 1.165) is 32.1 Å². The second-order valence-electron chi connectivity index (χ2n) is 6.91. The van der Waals surface area contributed by atoms with Crippen LogP contribution in [-0.2, 0) is 0 Å². The highest BCUT2D eigenvalue weighted by molar-refractivity contribution is 5.73. The minimum Gasteiger partial charge on any atom is -0.337 e. The zero-order valence-electron chi connectivity index (χ0n) is 14.7. The Morgan fingerprint density at radius 3 is 2.83 bits per heavy atom. The molecule has 0 aliphatic carbocycles. The van der Waals surface area contributed by atoms with E-state index in [-0.39, 0.29) is 11.9 Å². The van der Waals surface area contributed by atoms with Crippen LogP contribution in [-0.4, -0.2) is 56.1 Å². The zero-order chi connectivity index (χ0) is 17.7. The fourth-order valence-electron chi connectivity index (χ4n) is 3.20. The molecule has 2 rings (SSSR count). The number of benzene rings is 1. The summed E-state index contributed by atoms with van der Waals surface area (Å²) < 4.78 is 26.3. The number of likely N-dealkylation sites (tertiary alicyclic amines) is 1. The lowest BCUT2D eigenvalue weighted by atomic mass is 9.98. The number of hydrogen-bond donors (Lipinski definition) is 1. The van der Waals surface area contributed by atoms with Gasteiger partial charge in [-0.15, -0.1) is 0 Å². The van der Waals surface area contributed by atoms with E-state index < -0.39 is 11.6 Å². The van der Waals surface area contributed by atoms with Crippen LogP contribution in [0.4, 0.5) is 13.6 Å². The molecule has 1 saturated heterocycles. The SMILES string of the molecule is CC(CNC(=O)N(C)CC1CCCN(C)C1)c1ccc(F)c(F)c1. The Morgan fingerprint density at radius 2 is 2.17 bits per heavy atom. The first-order chi connectivity index (χ1) is 11.4. The van der Waals surface area contributed by atoms with Crippen LogP contribution in [0.2, 0.25) is 0 Å². The first-order valence-electron chi connectivity index (χ1n) is 8.49. The molecule has 1 fully saturated rings. The van der Waals surface area contributed by atoms with E-state index in [1.54, 1.807) is 18.0 Å². The van der Waals surface area contributed by atoms with Crippen molar-refractivity contribution in [3.05, 3.63) is 35.4 Å². The van der Waals surface area contributed by atoms with Gasteiger partial charge in [0.1, 0.15) is 0 Å². The summed E-state index contributed by atoms with van der Waals surface area (Å²) in [6.45, 7) is 5.14. The van der Waals surface area contributed by atoms with Crippen molar-refractivity contribution in [2.45, 2.75) is 25.7 Å². The van der Waals surface area contributed by atoms with E-state index in [1.807, 2.05) is 6.92 Å². The minimum absolute atomic E-state index is 0.0849. The third kappa shape index (κ3) is 5.16. The van der Waals surface area contributed by atoms with Crippen LogP contribution in [0.25, 0.3) is 0 Å². The highest BCUT2D eigenvalue weighted by Crippen LogP contribution is 2.18. The molecule has 0 bridgehead atoms. The van der Waals surface area contributed by atoms with Gasteiger partial charge in [-0.05, 0) is 56.0 Å². The number of carbonyl (C=O) groups is 1. The monoisotopic (exact) mass is 339 g/mol. The predicted octanol–water partition coefficient (Wildman–Crippen LogP) is 3.05. The largest absolute Gasteiger partial charge is 0.337 e. The highest BCUT2D eigenvalue weighted by atomic mass is 19.2. The second kappa shape index (κ2) is 8.42. The van der Waals surface area contributed by atoms with Crippen LogP contribution in [0, 0.1) is 17.6 Å². The summed E-state index contributed by atoms with van der Waals surface area (Å²) in [7, 11) is 3.90. The number of halogens is 2. The molecule has 1 N–H and O–H groups in total. The number of urea groups is 1. The molecule has 134 valence electrons. The molecule has 6 heteroatoms. The Bertz CT molecular complexity index is 567. The predicted molar refractivity (Wildman–Crippen MR) is 91.0 cm³/mol. The minimum atomic E-state index is -0.857. The van der Waals surface area contributed by atoms with Gasteiger partial charge in [0.15, 0.2) is 11.6 Å². The quantitative estimate of drug-likeness (QED) is 0.895. The molecule has 1 aromatic rings. The zero-order valence-corrected chi connectivity index (χ0v) is 14.7. The molecule has 0 radical (unpaired) electrons. The van der Waals surface area contributed by atoms with Gasteiger partial charge in [-0.25, -0.2) is 13.6 Å². The molecule has 1 aromatic carbocycles. The van der Waals surface area contributed by atoms with Crippen molar-refractivity contribution in [1.82, 2.24) is 15.1 Å². The van der Waals surface area contributed by atoms with Crippen molar-refractivity contribution >= 4 is 6.03 Å². The van der Waals surface area contributed by atoms with Crippen LogP contribution < -0.4 is 5.32 Å². The highest BCUT2D eigenvalue weighted by Gasteiger charge is 2.21. The fourth-order valence-corrected chi connectivity index (χ4v) is 3.20. The van der Waals surface area contributed by atoms with Gasteiger partial charge in [-0.1, -0.05) is 13.0 Å². The summed E-state index contributed by atoms with van der Waals surface area (Å²) in [6, 6.07) is 3.73. The van der Waals surface area contributed by atoms with Crippen LogP contribution in [0.15, 0.2) is 18.2 Å². The average molecular weight is 339 g/mol. The lowest BCUT2D eigenvalue weighted by Crippen LogP contribution is -2.44. The Hall–Kier alpha value is -1.69. The Kier molecular flexibility index (Phi) is 6.54. The standard InChI is InChI=1S/C18H27F2N3O/c1-13(15-6-7-16(19)17(20)9-15)10-21-18(24)23(3)12-14-5-4-8-22(2)11-14/h6-7,9,13-14H,4-5,8,10-12H2,1-3H3,(H,21,24). The van der Waals surface area contributed by atoms with Crippen molar-refractivity contribution < 1.29 is 13.6 Å². The van der Waals surface area contributed by atoms with Gasteiger partial charge in [0, 0.05) is 26.7 Å².